The number of para-hydroxylation sites is 1. The fourth-order valence-electron chi connectivity index (χ4n) is 2.27. The molecular formula is C12H14FN3O3. The van der Waals surface area contributed by atoms with Crippen LogP contribution >= 0.6 is 0 Å². The highest BCUT2D eigenvalue weighted by Crippen LogP contribution is 2.30. The van der Waals surface area contributed by atoms with Crippen LogP contribution in [0.25, 0.3) is 0 Å². The zero-order chi connectivity index (χ0) is 14.0. The quantitative estimate of drug-likeness (QED) is 0.644. The minimum Gasteiger partial charge on any atom is -0.328 e. The van der Waals surface area contributed by atoms with Crippen LogP contribution in [-0.2, 0) is 4.79 Å². The van der Waals surface area contributed by atoms with Gasteiger partial charge in [0, 0.05) is 18.0 Å². The van der Waals surface area contributed by atoms with Crippen molar-refractivity contribution in [3.63, 3.8) is 0 Å². The van der Waals surface area contributed by atoms with E-state index in [4.69, 9.17) is 5.73 Å². The van der Waals surface area contributed by atoms with Crippen LogP contribution < -0.4 is 11.1 Å². The molecule has 1 aromatic carbocycles. The molecule has 0 bridgehead atoms. The number of anilines is 1. The van der Waals surface area contributed by atoms with Gasteiger partial charge in [-0.25, -0.2) is 4.39 Å². The second-order valence-corrected chi connectivity index (χ2v) is 4.65. The van der Waals surface area contributed by atoms with E-state index in [9.17, 15) is 19.3 Å². The first-order valence-electron chi connectivity index (χ1n) is 5.98. The van der Waals surface area contributed by atoms with Crippen molar-refractivity contribution in [2.24, 2.45) is 11.7 Å². The molecule has 2 unspecified atom stereocenters. The van der Waals surface area contributed by atoms with E-state index in [1.54, 1.807) is 0 Å². The highest BCUT2D eigenvalue weighted by Gasteiger charge is 2.30. The Labute approximate surface area is 108 Å². The summed E-state index contributed by atoms with van der Waals surface area (Å²) in [6, 6.07) is 3.42. The molecule has 0 saturated heterocycles. The van der Waals surface area contributed by atoms with E-state index in [2.05, 4.69) is 5.32 Å². The second kappa shape index (κ2) is 5.31. The molecule has 1 saturated carbocycles. The minimum absolute atomic E-state index is 0.0358. The maximum atomic E-state index is 13.6. The Morgan fingerprint density at radius 2 is 2.21 bits per heavy atom. The molecule has 19 heavy (non-hydrogen) atoms. The van der Waals surface area contributed by atoms with Gasteiger partial charge in [0.2, 0.25) is 5.91 Å². The van der Waals surface area contributed by atoms with Gasteiger partial charge in [0.25, 0.3) is 5.69 Å². The van der Waals surface area contributed by atoms with Crippen molar-refractivity contribution in [3.8, 4) is 0 Å². The Bertz CT molecular complexity index is 521. The van der Waals surface area contributed by atoms with E-state index in [0.29, 0.717) is 12.8 Å². The molecule has 7 heteroatoms. The number of benzene rings is 1. The smallest absolute Gasteiger partial charge is 0.295 e. The van der Waals surface area contributed by atoms with Gasteiger partial charge in [-0.2, -0.15) is 0 Å². The van der Waals surface area contributed by atoms with Gasteiger partial charge in [0.05, 0.1) is 4.92 Å². The average molecular weight is 267 g/mol. The number of carbonyl (C=O) groups is 1. The number of halogens is 1. The Kier molecular flexibility index (Phi) is 3.75. The van der Waals surface area contributed by atoms with Crippen molar-refractivity contribution in [2.45, 2.75) is 25.3 Å². The molecule has 102 valence electrons. The van der Waals surface area contributed by atoms with Gasteiger partial charge in [-0.1, -0.05) is 6.07 Å². The van der Waals surface area contributed by atoms with Gasteiger partial charge in [-0.15, -0.1) is 0 Å². The number of nitro groups is 1. The molecule has 2 atom stereocenters. The van der Waals surface area contributed by atoms with Gasteiger partial charge in [-0.05, 0) is 25.3 Å². The minimum atomic E-state index is -0.815. The lowest BCUT2D eigenvalue weighted by atomic mass is 10.1. The van der Waals surface area contributed by atoms with E-state index >= 15 is 0 Å². The molecule has 0 aromatic heterocycles. The second-order valence-electron chi connectivity index (χ2n) is 4.65. The summed E-state index contributed by atoms with van der Waals surface area (Å²) in [5, 5.41) is 13.1. The van der Waals surface area contributed by atoms with Crippen LogP contribution in [0.2, 0.25) is 0 Å². The van der Waals surface area contributed by atoms with Crippen molar-refractivity contribution >= 4 is 17.3 Å². The lowest BCUT2D eigenvalue weighted by molar-refractivity contribution is -0.384. The molecule has 0 radical (unpaired) electrons. The first-order chi connectivity index (χ1) is 8.99. The molecule has 6 nitrogen and oxygen atoms in total. The maximum absolute atomic E-state index is 13.6. The van der Waals surface area contributed by atoms with Crippen molar-refractivity contribution < 1.29 is 14.1 Å². The third-order valence-electron chi connectivity index (χ3n) is 3.28. The largest absolute Gasteiger partial charge is 0.328 e. The highest BCUT2D eigenvalue weighted by atomic mass is 19.1. The molecule has 0 aliphatic heterocycles. The van der Waals surface area contributed by atoms with Gasteiger partial charge in [0.15, 0.2) is 11.5 Å². The topological polar surface area (TPSA) is 98.3 Å². The van der Waals surface area contributed by atoms with Crippen molar-refractivity contribution in [1.29, 1.82) is 0 Å². The predicted octanol–water partition coefficient (Wildman–Crippen LogP) is 1.80. The number of nitrogens with zero attached hydrogens (tertiary/aromatic N) is 1. The van der Waals surface area contributed by atoms with E-state index < -0.39 is 22.3 Å². The number of nitrogens with one attached hydrogen (secondary N) is 1. The number of nitro benzene ring substituents is 1. The molecule has 3 N–H and O–H groups in total. The SMILES string of the molecule is NC1CCC(C(=O)Nc2c(F)cccc2[N+](=O)[O-])C1. The van der Waals surface area contributed by atoms with Crippen LogP contribution in [0.5, 0.6) is 0 Å². The number of rotatable bonds is 3. The van der Waals surface area contributed by atoms with E-state index in [1.165, 1.54) is 6.07 Å². The Hall–Kier alpha value is -2.02. The first-order valence-corrected chi connectivity index (χ1v) is 5.98. The average Bonchev–Trinajstić information content (AvgIpc) is 2.78. The number of carbonyl (C=O) groups excluding carboxylic acids is 1. The van der Waals surface area contributed by atoms with E-state index in [1.807, 2.05) is 0 Å². The third-order valence-corrected chi connectivity index (χ3v) is 3.28. The molecule has 0 heterocycles. The molecular weight excluding hydrogens is 253 g/mol. The predicted molar refractivity (Wildman–Crippen MR) is 67.0 cm³/mol. The van der Waals surface area contributed by atoms with Crippen LogP contribution in [-0.4, -0.2) is 16.9 Å². The number of hydrogen-bond acceptors (Lipinski definition) is 4. The molecule has 0 spiro atoms. The zero-order valence-electron chi connectivity index (χ0n) is 10.1. The van der Waals surface area contributed by atoms with Crippen LogP contribution in [0.1, 0.15) is 19.3 Å². The number of nitrogens with two attached hydrogens (primary N) is 1. The van der Waals surface area contributed by atoms with Crippen LogP contribution in [0.3, 0.4) is 0 Å². The van der Waals surface area contributed by atoms with Crippen LogP contribution in [0.4, 0.5) is 15.8 Å². The summed E-state index contributed by atoms with van der Waals surface area (Å²) >= 11 is 0. The molecule has 1 aliphatic carbocycles. The van der Waals surface area contributed by atoms with E-state index in [-0.39, 0.29) is 17.6 Å². The molecule has 1 amide bonds. The normalized spacial score (nSPS) is 22.2. The lowest BCUT2D eigenvalue weighted by Gasteiger charge is -2.11. The highest BCUT2D eigenvalue weighted by molar-refractivity contribution is 5.95. The molecule has 1 aliphatic rings. The lowest BCUT2D eigenvalue weighted by Crippen LogP contribution is -2.24. The number of hydrogen-bond donors (Lipinski definition) is 2. The summed E-state index contributed by atoms with van der Waals surface area (Å²) < 4.78 is 13.6. The summed E-state index contributed by atoms with van der Waals surface area (Å²) in [5.74, 6) is -1.54. The van der Waals surface area contributed by atoms with Crippen molar-refractivity contribution in [2.75, 3.05) is 5.32 Å². The van der Waals surface area contributed by atoms with Gasteiger partial charge in [-0.3, -0.25) is 14.9 Å². The Balaban J connectivity index is 2.19. The summed E-state index contributed by atoms with van der Waals surface area (Å²) in [6.07, 6.45) is 1.88. The first kappa shape index (κ1) is 13.4. The van der Waals surface area contributed by atoms with Gasteiger partial charge >= 0.3 is 0 Å². The standard InChI is InChI=1S/C12H14FN3O3/c13-9-2-1-3-10(16(18)19)11(9)15-12(17)7-4-5-8(14)6-7/h1-3,7-8H,4-6,14H2,(H,15,17). The van der Waals surface area contributed by atoms with Gasteiger partial charge in [0.1, 0.15) is 0 Å². The summed E-state index contributed by atoms with van der Waals surface area (Å²) in [5.41, 5.74) is 4.88. The molecule has 1 fully saturated rings. The summed E-state index contributed by atoms with van der Waals surface area (Å²) in [4.78, 5) is 22.0. The van der Waals surface area contributed by atoms with Crippen LogP contribution in [0, 0.1) is 21.8 Å². The Morgan fingerprint density at radius 1 is 1.47 bits per heavy atom. The maximum Gasteiger partial charge on any atom is 0.295 e. The van der Waals surface area contributed by atoms with E-state index in [0.717, 1.165) is 18.6 Å². The monoisotopic (exact) mass is 267 g/mol. The van der Waals surface area contributed by atoms with Crippen molar-refractivity contribution in [1.82, 2.24) is 0 Å². The fourth-order valence-corrected chi connectivity index (χ4v) is 2.27. The summed E-state index contributed by atoms with van der Waals surface area (Å²) in [7, 11) is 0. The molecule has 1 aromatic rings. The fraction of sp³-hybridized carbons (Fsp3) is 0.417. The number of amides is 1. The van der Waals surface area contributed by atoms with Crippen molar-refractivity contribution in [3.05, 3.63) is 34.1 Å². The molecule has 2 rings (SSSR count). The van der Waals surface area contributed by atoms with Crippen LogP contribution in [0.15, 0.2) is 18.2 Å². The zero-order valence-corrected chi connectivity index (χ0v) is 10.1. The van der Waals surface area contributed by atoms with Gasteiger partial charge < -0.3 is 11.1 Å². The Morgan fingerprint density at radius 3 is 2.79 bits per heavy atom. The third kappa shape index (κ3) is 2.87. The summed E-state index contributed by atoms with van der Waals surface area (Å²) in [6.45, 7) is 0.